The van der Waals surface area contributed by atoms with Crippen LogP contribution in [0.25, 0.3) is 44.3 Å². The van der Waals surface area contributed by atoms with E-state index in [4.69, 9.17) is 9.72 Å². The van der Waals surface area contributed by atoms with Crippen molar-refractivity contribution >= 4 is 56.6 Å². The maximum absolute atomic E-state index is 6.64. The van der Waals surface area contributed by atoms with Crippen molar-refractivity contribution in [1.29, 1.82) is 0 Å². The van der Waals surface area contributed by atoms with Gasteiger partial charge in [0.1, 0.15) is 5.82 Å². The molecule has 10 aromatic rings. The molecule has 0 radical (unpaired) electrons. The molecule has 0 saturated heterocycles. The largest absolute Gasteiger partial charge is 0.510 e. The number of hydrogen-bond donors (Lipinski definition) is 0. The van der Waals surface area contributed by atoms with Gasteiger partial charge in [-0.2, -0.15) is 18.2 Å². The number of nitrogens with zero attached hydrogens (tertiary/aromatic N) is 4. The van der Waals surface area contributed by atoms with E-state index in [1.807, 2.05) is 24.4 Å². The second-order valence-corrected chi connectivity index (χ2v) is 19.3. The summed E-state index contributed by atoms with van der Waals surface area (Å²) in [5.41, 5.74) is 6.10. The van der Waals surface area contributed by atoms with Gasteiger partial charge >= 0.3 is 8.24 Å². The summed E-state index contributed by atoms with van der Waals surface area (Å²) in [7, 11) is -2.96. The first-order valence-corrected chi connectivity index (χ1v) is 21.6. The molecule has 0 aliphatic heterocycles. The minimum Gasteiger partial charge on any atom is -0.510 e. The van der Waals surface area contributed by atoms with Crippen LogP contribution in [0.4, 0.5) is 0 Å². The van der Waals surface area contributed by atoms with Gasteiger partial charge in [-0.1, -0.05) is 165 Å². The van der Waals surface area contributed by atoms with Crippen molar-refractivity contribution in [1.82, 2.24) is 14.1 Å². The fourth-order valence-corrected chi connectivity index (χ4v) is 12.9. The molecule has 59 heavy (non-hydrogen) atoms. The van der Waals surface area contributed by atoms with Gasteiger partial charge in [0.05, 0.1) is 5.52 Å². The smallest absolute Gasteiger partial charge is 0.345 e. The van der Waals surface area contributed by atoms with Crippen LogP contribution in [0.3, 0.4) is 0 Å². The van der Waals surface area contributed by atoms with Crippen molar-refractivity contribution in [2.24, 2.45) is 0 Å². The van der Waals surface area contributed by atoms with Crippen molar-refractivity contribution in [3.63, 3.8) is 0 Å². The van der Waals surface area contributed by atoms with Gasteiger partial charge in [-0.15, -0.1) is 29.7 Å². The van der Waals surface area contributed by atoms with Crippen LogP contribution < -0.4 is 24.5 Å². The Morgan fingerprint density at radius 3 is 1.83 bits per heavy atom. The molecule has 7 heteroatoms. The molecule has 0 amide bonds. The normalized spacial score (nSPS) is 11.8. The summed E-state index contributed by atoms with van der Waals surface area (Å²) in [6.07, 6.45) is 5.80. The third-order valence-electron chi connectivity index (χ3n) is 11.1. The Kier molecular flexibility index (Phi) is 10.00. The van der Waals surface area contributed by atoms with Gasteiger partial charge in [0, 0.05) is 49.8 Å². The van der Waals surface area contributed by atoms with E-state index < -0.39 is 8.24 Å². The summed E-state index contributed by atoms with van der Waals surface area (Å²) in [4.78, 5) is 4.85. The number of imidazole rings is 1. The van der Waals surface area contributed by atoms with Gasteiger partial charge in [0.25, 0.3) is 0 Å². The van der Waals surface area contributed by atoms with Crippen LogP contribution in [0.2, 0.25) is 0 Å². The van der Waals surface area contributed by atoms with E-state index in [0.717, 1.165) is 44.3 Å². The fourth-order valence-electron chi connectivity index (χ4n) is 8.34. The fraction of sp³-hybridized carbons (Fsp3) is 0.0769. The van der Waals surface area contributed by atoms with Crippen LogP contribution in [-0.4, -0.2) is 22.4 Å². The molecule has 0 aliphatic carbocycles. The van der Waals surface area contributed by atoms with E-state index in [-0.39, 0.29) is 26.5 Å². The summed E-state index contributed by atoms with van der Waals surface area (Å²) >= 11 is 0. The molecule has 290 valence electrons. The topological polar surface area (TPSA) is 35.9 Å². The second kappa shape index (κ2) is 15.4. The SMILES string of the molecule is CC(C)(C)c1ccnc(-n2c3[c-]c(Oc4[c-]c(-n5[c-][n+]([Si](c6ccccc6)(c6ccccc6)c6ccccc6)c6ccccc65)ccc4)ccc3c3ccccc32)c1.[Pt]. The van der Waals surface area contributed by atoms with Crippen molar-refractivity contribution in [3.05, 3.63) is 212 Å². The number of hydrogen-bond acceptors (Lipinski definition) is 2. The number of rotatable bonds is 8. The van der Waals surface area contributed by atoms with E-state index in [1.165, 1.54) is 21.1 Å². The molecule has 10 rings (SSSR count). The first kappa shape index (κ1) is 38.2. The van der Waals surface area contributed by atoms with Crippen LogP contribution in [0, 0.1) is 18.5 Å². The Balaban J connectivity index is 0.00000449. The van der Waals surface area contributed by atoms with E-state index in [9.17, 15) is 0 Å². The van der Waals surface area contributed by atoms with Crippen LogP contribution in [-0.2, 0) is 26.5 Å². The van der Waals surface area contributed by atoms with Crippen LogP contribution in [0.5, 0.6) is 11.5 Å². The zero-order valence-electron chi connectivity index (χ0n) is 32.9. The minimum absolute atomic E-state index is 0. The van der Waals surface area contributed by atoms with Crippen molar-refractivity contribution in [3.8, 4) is 23.0 Å². The zero-order chi connectivity index (χ0) is 39.3. The summed E-state index contributed by atoms with van der Waals surface area (Å²) in [5, 5.41) is 6.02. The molecule has 0 fully saturated rings. The van der Waals surface area contributed by atoms with Crippen LogP contribution >= 0.6 is 0 Å². The monoisotopic (exact) mass is 959 g/mol. The molecule has 0 atom stereocenters. The van der Waals surface area contributed by atoms with Crippen molar-refractivity contribution in [2.45, 2.75) is 26.2 Å². The molecule has 3 heterocycles. The van der Waals surface area contributed by atoms with Gasteiger partial charge < -0.3 is 18.1 Å². The zero-order valence-corrected chi connectivity index (χ0v) is 36.2. The molecular formula is C52H40N4OPtSi-2. The van der Waals surface area contributed by atoms with Gasteiger partial charge in [0.2, 0.25) is 6.33 Å². The maximum Gasteiger partial charge on any atom is 0.345 e. The standard InChI is InChI=1S/C52H40N4OSi.Pt/c1-52(2,3)38-32-33-53-51(34-38)56-47-27-14-13-26-45(47)46-31-30-41(36-50(46)56)57-40-19-17-18-39(35-40)54-37-55(49-29-16-15-28-48(49)54)58(42-20-7-4-8-21-42,43-22-9-5-10-23-43)44-24-11-6-12-25-44;/h4-34H,1-3H3;/q-2;. The van der Waals surface area contributed by atoms with E-state index >= 15 is 0 Å². The molecule has 3 aromatic heterocycles. The average Bonchev–Trinajstić information content (AvgIpc) is 3.81. The molecule has 0 unspecified atom stereocenters. The van der Waals surface area contributed by atoms with Gasteiger partial charge in [-0.05, 0) is 50.1 Å². The molecular weight excluding hydrogens is 920 g/mol. The number of fused-ring (bicyclic) bond motifs is 4. The van der Waals surface area contributed by atoms with Crippen molar-refractivity contribution < 1.29 is 30.0 Å². The van der Waals surface area contributed by atoms with Gasteiger partial charge in [0.15, 0.2) is 0 Å². The summed E-state index contributed by atoms with van der Waals surface area (Å²) in [6.45, 7) is 6.67. The van der Waals surface area contributed by atoms with Crippen molar-refractivity contribution in [2.75, 3.05) is 0 Å². The quantitative estimate of drug-likeness (QED) is 0.0866. The maximum atomic E-state index is 6.64. The summed E-state index contributed by atoms with van der Waals surface area (Å²) in [5.74, 6) is 2.03. The first-order chi connectivity index (χ1) is 28.4. The van der Waals surface area contributed by atoms with E-state index in [2.05, 4.69) is 216 Å². The second-order valence-electron chi connectivity index (χ2n) is 15.7. The molecule has 7 aromatic carbocycles. The number of ether oxygens (including phenoxy) is 1. The van der Waals surface area contributed by atoms with Gasteiger partial charge in [-0.25, -0.2) is 4.98 Å². The number of pyridine rings is 1. The summed E-state index contributed by atoms with van der Waals surface area (Å²) < 4.78 is 13.4. The molecule has 0 aliphatic rings. The Hall–Kier alpha value is -6.33. The third kappa shape index (κ3) is 6.63. The van der Waals surface area contributed by atoms with Crippen LogP contribution in [0.1, 0.15) is 26.3 Å². The minimum atomic E-state index is -2.96. The predicted octanol–water partition coefficient (Wildman–Crippen LogP) is 9.41. The Morgan fingerprint density at radius 1 is 0.576 bits per heavy atom. The molecule has 0 bridgehead atoms. The Morgan fingerprint density at radius 2 is 1.17 bits per heavy atom. The number of benzene rings is 7. The molecule has 5 nitrogen and oxygen atoms in total. The Bertz CT molecular complexity index is 2980. The molecule has 0 spiro atoms. The average molecular weight is 960 g/mol. The number of para-hydroxylation sites is 3. The molecule has 0 saturated carbocycles. The van der Waals surface area contributed by atoms with Crippen LogP contribution in [0.15, 0.2) is 188 Å². The third-order valence-corrected chi connectivity index (χ3v) is 15.6. The number of aromatic nitrogens is 4. The van der Waals surface area contributed by atoms with E-state index in [0.29, 0.717) is 11.5 Å². The van der Waals surface area contributed by atoms with Gasteiger partial charge in [-0.3, -0.25) is 0 Å². The first-order valence-electron chi connectivity index (χ1n) is 19.6. The predicted molar refractivity (Wildman–Crippen MR) is 237 cm³/mol. The van der Waals surface area contributed by atoms with E-state index in [1.54, 1.807) is 0 Å². The summed E-state index contributed by atoms with van der Waals surface area (Å²) in [6, 6.07) is 71.4. The Labute approximate surface area is 360 Å². The molecule has 0 N–H and O–H groups in total.